The fraction of sp³-hybridized carbons (Fsp3) is 0.0833. The first kappa shape index (κ1) is 10.6. The molecule has 3 nitrogen and oxygen atoms in total. The summed E-state index contributed by atoms with van der Waals surface area (Å²) >= 11 is 3.42. The summed E-state index contributed by atoms with van der Waals surface area (Å²) < 4.78 is 0. The second kappa shape index (κ2) is 4.73. The molecule has 3 rings (SSSR count). The molecular formula is C12H11N3S2. The SMILES string of the molecule is c1csc(-c2[nH]ncc2CNc2ccsc2)c1. The highest BCUT2D eigenvalue weighted by atomic mass is 32.1. The molecule has 0 radical (unpaired) electrons. The zero-order valence-corrected chi connectivity index (χ0v) is 10.6. The Morgan fingerprint density at radius 2 is 2.29 bits per heavy atom. The Morgan fingerprint density at radius 3 is 3.06 bits per heavy atom. The molecule has 0 unspecified atom stereocenters. The van der Waals surface area contributed by atoms with Gasteiger partial charge in [0.25, 0.3) is 0 Å². The van der Waals surface area contributed by atoms with Gasteiger partial charge in [-0.05, 0) is 22.9 Å². The van der Waals surface area contributed by atoms with E-state index in [0.717, 1.165) is 17.9 Å². The van der Waals surface area contributed by atoms with Gasteiger partial charge in [-0.1, -0.05) is 6.07 Å². The summed E-state index contributed by atoms with van der Waals surface area (Å²) in [6.07, 6.45) is 1.88. The monoisotopic (exact) mass is 261 g/mol. The maximum absolute atomic E-state index is 4.12. The van der Waals surface area contributed by atoms with Crippen molar-refractivity contribution < 1.29 is 0 Å². The molecule has 0 aromatic carbocycles. The topological polar surface area (TPSA) is 40.7 Å². The van der Waals surface area contributed by atoms with E-state index in [1.165, 1.54) is 10.4 Å². The molecule has 0 atom stereocenters. The maximum Gasteiger partial charge on any atom is 0.0799 e. The average Bonchev–Trinajstić information content (AvgIpc) is 3.09. The third-order valence-electron chi connectivity index (χ3n) is 2.49. The molecule has 3 heterocycles. The average molecular weight is 261 g/mol. The Bertz CT molecular complexity index is 567. The first-order valence-electron chi connectivity index (χ1n) is 5.25. The zero-order chi connectivity index (χ0) is 11.5. The first-order valence-corrected chi connectivity index (χ1v) is 7.08. The molecule has 0 saturated carbocycles. The van der Waals surface area contributed by atoms with E-state index in [1.807, 2.05) is 6.20 Å². The van der Waals surface area contributed by atoms with Crippen molar-refractivity contribution in [2.24, 2.45) is 0 Å². The van der Waals surface area contributed by atoms with E-state index in [9.17, 15) is 0 Å². The Labute approximate surface area is 107 Å². The van der Waals surface area contributed by atoms with E-state index >= 15 is 0 Å². The minimum Gasteiger partial charge on any atom is -0.380 e. The van der Waals surface area contributed by atoms with Gasteiger partial charge in [-0.25, -0.2) is 0 Å². The molecule has 0 saturated heterocycles. The molecule has 0 amide bonds. The van der Waals surface area contributed by atoms with Gasteiger partial charge in [-0.2, -0.15) is 16.4 Å². The minimum absolute atomic E-state index is 0.792. The molecule has 0 spiro atoms. The third kappa shape index (κ3) is 2.25. The predicted molar refractivity (Wildman–Crippen MR) is 73.5 cm³/mol. The highest BCUT2D eigenvalue weighted by Gasteiger charge is 2.08. The lowest BCUT2D eigenvalue weighted by Gasteiger charge is -2.03. The number of aromatic amines is 1. The second-order valence-corrected chi connectivity index (χ2v) is 5.34. The van der Waals surface area contributed by atoms with Gasteiger partial charge in [0.15, 0.2) is 0 Å². The molecule has 86 valence electrons. The Morgan fingerprint density at radius 1 is 1.29 bits per heavy atom. The molecule has 0 aliphatic heterocycles. The van der Waals surface area contributed by atoms with Crippen LogP contribution in [0.1, 0.15) is 5.56 Å². The second-order valence-electron chi connectivity index (χ2n) is 3.61. The fourth-order valence-corrected chi connectivity index (χ4v) is 3.01. The van der Waals surface area contributed by atoms with Crippen LogP contribution in [0.4, 0.5) is 5.69 Å². The number of thiophene rings is 2. The van der Waals surface area contributed by atoms with Crippen LogP contribution in [0.5, 0.6) is 0 Å². The van der Waals surface area contributed by atoms with E-state index < -0.39 is 0 Å². The number of nitrogens with one attached hydrogen (secondary N) is 2. The van der Waals surface area contributed by atoms with E-state index in [1.54, 1.807) is 22.7 Å². The van der Waals surface area contributed by atoms with Gasteiger partial charge in [0.1, 0.15) is 0 Å². The van der Waals surface area contributed by atoms with Crippen LogP contribution in [0.15, 0.2) is 40.5 Å². The highest BCUT2D eigenvalue weighted by molar-refractivity contribution is 7.13. The number of aromatic nitrogens is 2. The van der Waals surface area contributed by atoms with Crippen LogP contribution in [0, 0.1) is 0 Å². The van der Waals surface area contributed by atoms with Gasteiger partial charge >= 0.3 is 0 Å². The quantitative estimate of drug-likeness (QED) is 0.749. The number of hydrogen-bond acceptors (Lipinski definition) is 4. The van der Waals surface area contributed by atoms with E-state index in [2.05, 4.69) is 49.9 Å². The van der Waals surface area contributed by atoms with Crippen molar-refractivity contribution in [1.82, 2.24) is 10.2 Å². The molecule has 17 heavy (non-hydrogen) atoms. The number of H-pyrrole nitrogens is 1. The van der Waals surface area contributed by atoms with Gasteiger partial charge in [-0.15, -0.1) is 11.3 Å². The van der Waals surface area contributed by atoms with Crippen molar-refractivity contribution in [3.05, 3.63) is 46.1 Å². The van der Waals surface area contributed by atoms with Gasteiger partial charge in [0.2, 0.25) is 0 Å². The number of rotatable bonds is 4. The van der Waals surface area contributed by atoms with Crippen LogP contribution in [0.3, 0.4) is 0 Å². The number of nitrogens with zero attached hydrogens (tertiary/aromatic N) is 1. The zero-order valence-electron chi connectivity index (χ0n) is 9.01. The summed E-state index contributed by atoms with van der Waals surface area (Å²) in [4.78, 5) is 1.23. The van der Waals surface area contributed by atoms with Crippen LogP contribution in [-0.2, 0) is 6.54 Å². The van der Waals surface area contributed by atoms with E-state index in [0.29, 0.717) is 0 Å². The Hall–Kier alpha value is -1.59. The molecule has 0 aliphatic carbocycles. The van der Waals surface area contributed by atoms with Crippen molar-refractivity contribution in [3.8, 4) is 10.6 Å². The largest absolute Gasteiger partial charge is 0.380 e. The predicted octanol–water partition coefficient (Wildman–Crippen LogP) is 3.81. The molecule has 0 aliphatic rings. The normalized spacial score (nSPS) is 10.6. The third-order valence-corrected chi connectivity index (χ3v) is 4.06. The Kier molecular flexibility index (Phi) is 2.94. The molecule has 3 aromatic heterocycles. The smallest absolute Gasteiger partial charge is 0.0799 e. The van der Waals surface area contributed by atoms with Crippen LogP contribution in [0.2, 0.25) is 0 Å². The van der Waals surface area contributed by atoms with E-state index in [-0.39, 0.29) is 0 Å². The molecule has 2 N–H and O–H groups in total. The lowest BCUT2D eigenvalue weighted by molar-refractivity contribution is 1.10. The lowest BCUT2D eigenvalue weighted by Crippen LogP contribution is -1.98. The minimum atomic E-state index is 0.792. The highest BCUT2D eigenvalue weighted by Crippen LogP contribution is 2.26. The van der Waals surface area contributed by atoms with Crippen LogP contribution in [-0.4, -0.2) is 10.2 Å². The molecule has 0 bridgehead atoms. The van der Waals surface area contributed by atoms with Gasteiger partial charge < -0.3 is 5.32 Å². The van der Waals surface area contributed by atoms with Gasteiger partial charge in [0, 0.05) is 23.2 Å². The summed E-state index contributed by atoms with van der Waals surface area (Å²) in [5, 5.41) is 16.8. The summed E-state index contributed by atoms with van der Waals surface area (Å²) in [6.45, 7) is 0.792. The van der Waals surface area contributed by atoms with Crippen molar-refractivity contribution in [1.29, 1.82) is 0 Å². The summed E-state index contributed by atoms with van der Waals surface area (Å²) in [5.74, 6) is 0. The molecule has 3 aromatic rings. The summed E-state index contributed by atoms with van der Waals surface area (Å²) in [7, 11) is 0. The van der Waals surface area contributed by atoms with Crippen molar-refractivity contribution in [3.63, 3.8) is 0 Å². The lowest BCUT2D eigenvalue weighted by atomic mass is 10.2. The van der Waals surface area contributed by atoms with Crippen molar-refractivity contribution in [2.45, 2.75) is 6.54 Å². The van der Waals surface area contributed by atoms with Crippen LogP contribution >= 0.6 is 22.7 Å². The molecular weight excluding hydrogens is 250 g/mol. The van der Waals surface area contributed by atoms with Crippen molar-refractivity contribution in [2.75, 3.05) is 5.32 Å². The summed E-state index contributed by atoms with van der Waals surface area (Å²) in [5.41, 5.74) is 3.47. The van der Waals surface area contributed by atoms with Gasteiger partial charge in [-0.3, -0.25) is 5.10 Å². The molecule has 5 heteroatoms. The number of hydrogen-bond donors (Lipinski definition) is 2. The standard InChI is InChI=1S/C12H11N3S2/c1-2-11(17-4-1)12-9(7-14-15-12)6-13-10-3-5-16-8-10/h1-5,7-8,13H,6H2,(H,14,15). The fourth-order valence-electron chi connectivity index (χ4n) is 1.64. The first-order chi connectivity index (χ1) is 8.43. The van der Waals surface area contributed by atoms with Crippen molar-refractivity contribution >= 4 is 28.4 Å². The number of anilines is 1. The van der Waals surface area contributed by atoms with Crippen LogP contribution in [0.25, 0.3) is 10.6 Å². The van der Waals surface area contributed by atoms with E-state index in [4.69, 9.17) is 0 Å². The maximum atomic E-state index is 4.12. The Balaban J connectivity index is 1.78. The molecule has 0 fully saturated rings. The van der Waals surface area contributed by atoms with Crippen LogP contribution < -0.4 is 5.32 Å². The van der Waals surface area contributed by atoms with Gasteiger partial charge in [0.05, 0.1) is 16.8 Å². The summed E-state index contributed by atoms with van der Waals surface area (Å²) in [6, 6.07) is 6.23.